The molecule has 2 aromatic carbocycles. The van der Waals surface area contributed by atoms with E-state index in [4.69, 9.17) is 19.0 Å². The second-order valence-electron chi connectivity index (χ2n) is 9.88. The highest BCUT2D eigenvalue weighted by atomic mass is 32.2. The first kappa shape index (κ1) is 29.8. The minimum absolute atomic E-state index is 0.0850. The predicted octanol–water partition coefficient (Wildman–Crippen LogP) is 2.39. The molecule has 2 aliphatic rings. The van der Waals surface area contributed by atoms with Gasteiger partial charge in [0, 0.05) is 12.1 Å². The van der Waals surface area contributed by atoms with Crippen molar-refractivity contribution in [2.45, 2.75) is 62.2 Å². The van der Waals surface area contributed by atoms with Gasteiger partial charge in [-0.05, 0) is 38.3 Å². The quantitative estimate of drug-likeness (QED) is 0.281. The number of sulfonamides is 1. The Kier molecular flexibility index (Phi) is 9.71. The molecule has 5 atom stereocenters. The van der Waals surface area contributed by atoms with E-state index in [2.05, 4.69) is 5.32 Å². The number of nitro benzene ring substituents is 1. The monoisotopic (exact) mass is 579 g/mol. The van der Waals surface area contributed by atoms with Crippen LogP contribution >= 0.6 is 0 Å². The van der Waals surface area contributed by atoms with E-state index in [1.807, 2.05) is 6.07 Å². The van der Waals surface area contributed by atoms with Gasteiger partial charge in [-0.3, -0.25) is 15.0 Å². The molecule has 0 bridgehead atoms. The molecule has 40 heavy (non-hydrogen) atoms. The molecule has 2 N–H and O–H groups in total. The Hall–Kier alpha value is -3.14. The van der Waals surface area contributed by atoms with Gasteiger partial charge < -0.3 is 24.6 Å². The van der Waals surface area contributed by atoms with Gasteiger partial charge in [0.05, 0.1) is 53.7 Å². The molecule has 2 fully saturated rings. The molecule has 2 aliphatic heterocycles. The molecule has 0 radical (unpaired) electrons. The summed E-state index contributed by atoms with van der Waals surface area (Å²) in [4.78, 5) is 28.6. The van der Waals surface area contributed by atoms with Crippen molar-refractivity contribution < 1.29 is 42.3 Å². The van der Waals surface area contributed by atoms with Crippen LogP contribution in [0, 0.1) is 16.0 Å². The lowest BCUT2D eigenvalue weighted by Gasteiger charge is -2.30. The number of hydrogen-bond acceptors (Lipinski definition) is 10. The van der Waals surface area contributed by atoms with Gasteiger partial charge in [-0.25, -0.2) is 13.2 Å². The van der Waals surface area contributed by atoms with Gasteiger partial charge in [-0.2, -0.15) is 0 Å². The van der Waals surface area contributed by atoms with Crippen LogP contribution in [0.15, 0.2) is 59.5 Å². The van der Waals surface area contributed by atoms with Crippen molar-refractivity contribution >= 4 is 21.8 Å². The van der Waals surface area contributed by atoms with E-state index >= 15 is 0 Å². The van der Waals surface area contributed by atoms with Crippen molar-refractivity contribution in [3.05, 3.63) is 70.3 Å². The van der Waals surface area contributed by atoms with Crippen LogP contribution in [-0.2, 0) is 35.5 Å². The standard InChI is InChI=1S/C26H33N3O10S/c1-17(2)39-28(40(34,35)20-10-6-9-19(14-20)29(32)33)15-23(30)22(13-18-7-4-3-5-8-18)27-26(31)38-24-16-37-25-21(24)11-12-36-25/h3-10,14,17,21-25,30H,11-13,15-16H2,1-2H3,(H,27,31)/t21-,22-,23+,24?,25+/m0/s1. The highest BCUT2D eigenvalue weighted by Crippen LogP contribution is 2.33. The summed E-state index contributed by atoms with van der Waals surface area (Å²) >= 11 is 0. The van der Waals surface area contributed by atoms with Crippen LogP contribution in [0.4, 0.5) is 10.5 Å². The third kappa shape index (κ3) is 7.33. The average molecular weight is 580 g/mol. The summed E-state index contributed by atoms with van der Waals surface area (Å²) in [5.74, 6) is -0.0850. The maximum absolute atomic E-state index is 13.4. The SMILES string of the molecule is CC(C)ON(C[C@@H](O)[C@H](Cc1ccccc1)NC(=O)OC1CO[C@H]2OCC[C@@H]12)S(=O)(=O)c1cccc([N+](=O)[O-])c1. The van der Waals surface area contributed by atoms with Crippen molar-refractivity contribution in [1.29, 1.82) is 0 Å². The molecule has 1 unspecified atom stereocenters. The molecule has 2 aromatic rings. The average Bonchev–Trinajstić information content (AvgIpc) is 3.53. The lowest BCUT2D eigenvalue weighted by molar-refractivity contribution is -0.385. The number of benzene rings is 2. The number of aliphatic hydroxyl groups excluding tert-OH is 1. The fraction of sp³-hybridized carbons (Fsp3) is 0.500. The van der Waals surface area contributed by atoms with E-state index in [-0.39, 0.29) is 23.8 Å². The minimum atomic E-state index is -4.44. The van der Waals surface area contributed by atoms with Gasteiger partial charge in [-0.15, -0.1) is 0 Å². The maximum Gasteiger partial charge on any atom is 0.407 e. The molecule has 0 aromatic heterocycles. The first-order chi connectivity index (χ1) is 19.0. The smallest absolute Gasteiger partial charge is 0.407 e. The summed E-state index contributed by atoms with van der Waals surface area (Å²) < 4.78 is 44.1. The number of non-ortho nitro benzene ring substituents is 1. The fourth-order valence-electron chi connectivity index (χ4n) is 4.61. The van der Waals surface area contributed by atoms with Crippen LogP contribution < -0.4 is 5.32 Å². The summed E-state index contributed by atoms with van der Waals surface area (Å²) in [6.45, 7) is 3.32. The third-order valence-corrected chi connectivity index (χ3v) is 8.19. The summed E-state index contributed by atoms with van der Waals surface area (Å²) in [5, 5.41) is 25.1. The van der Waals surface area contributed by atoms with E-state index in [0.29, 0.717) is 17.5 Å². The zero-order valence-corrected chi connectivity index (χ0v) is 22.9. The number of amides is 1. The zero-order chi connectivity index (χ0) is 28.9. The number of carbonyl (C=O) groups excluding carboxylic acids is 1. The van der Waals surface area contributed by atoms with Crippen molar-refractivity contribution in [3.63, 3.8) is 0 Å². The minimum Gasteiger partial charge on any atom is -0.443 e. The van der Waals surface area contributed by atoms with Gasteiger partial charge in [-0.1, -0.05) is 40.9 Å². The number of nitrogens with one attached hydrogen (secondary N) is 1. The third-order valence-electron chi connectivity index (χ3n) is 6.57. The molecule has 14 heteroatoms. The molecular weight excluding hydrogens is 546 g/mol. The molecule has 218 valence electrons. The van der Waals surface area contributed by atoms with Gasteiger partial charge >= 0.3 is 6.09 Å². The predicted molar refractivity (Wildman–Crippen MR) is 140 cm³/mol. The van der Waals surface area contributed by atoms with Crippen LogP contribution in [-0.4, -0.2) is 79.4 Å². The number of hydrogen-bond donors (Lipinski definition) is 2. The van der Waals surface area contributed by atoms with Crippen LogP contribution in [0.25, 0.3) is 0 Å². The zero-order valence-electron chi connectivity index (χ0n) is 22.1. The second kappa shape index (κ2) is 13.0. The Morgan fingerprint density at radius 1 is 1.20 bits per heavy atom. The molecule has 0 spiro atoms. The van der Waals surface area contributed by atoms with Crippen LogP contribution in [0.5, 0.6) is 0 Å². The number of nitro groups is 1. The molecule has 0 aliphatic carbocycles. The van der Waals surface area contributed by atoms with E-state index in [1.165, 1.54) is 18.2 Å². The van der Waals surface area contributed by atoms with E-state index in [0.717, 1.165) is 11.6 Å². The van der Waals surface area contributed by atoms with Crippen molar-refractivity contribution in [1.82, 2.24) is 9.79 Å². The number of aliphatic hydroxyl groups is 1. The van der Waals surface area contributed by atoms with Crippen LogP contribution in [0.3, 0.4) is 0 Å². The first-order valence-corrected chi connectivity index (χ1v) is 14.3. The Bertz CT molecular complexity index is 1280. The van der Waals surface area contributed by atoms with Crippen molar-refractivity contribution in [3.8, 4) is 0 Å². The van der Waals surface area contributed by atoms with Gasteiger partial charge in [0.15, 0.2) is 6.29 Å². The molecular formula is C26H33N3O10S. The number of rotatable bonds is 12. The normalized spacial score (nSPS) is 22.2. The number of fused-ring (bicyclic) bond motifs is 1. The maximum atomic E-state index is 13.4. The molecule has 2 heterocycles. The Labute approximate surface area is 232 Å². The Morgan fingerprint density at radius 2 is 1.95 bits per heavy atom. The van der Waals surface area contributed by atoms with E-state index in [9.17, 15) is 28.4 Å². The number of ether oxygens (including phenoxy) is 3. The van der Waals surface area contributed by atoms with Gasteiger partial charge in [0.1, 0.15) is 6.10 Å². The van der Waals surface area contributed by atoms with E-state index < -0.39 is 63.9 Å². The summed E-state index contributed by atoms with van der Waals surface area (Å²) in [5.41, 5.74) is 0.362. The van der Waals surface area contributed by atoms with Crippen LogP contribution in [0.2, 0.25) is 0 Å². The highest BCUT2D eigenvalue weighted by molar-refractivity contribution is 7.89. The Balaban J connectivity index is 1.53. The summed E-state index contributed by atoms with van der Waals surface area (Å²) in [6, 6.07) is 12.6. The van der Waals surface area contributed by atoms with E-state index in [1.54, 1.807) is 38.1 Å². The van der Waals surface area contributed by atoms with Crippen molar-refractivity contribution in [2.24, 2.45) is 5.92 Å². The Morgan fingerprint density at radius 3 is 2.65 bits per heavy atom. The number of hydroxylamine groups is 1. The lowest BCUT2D eigenvalue weighted by atomic mass is 10.0. The van der Waals surface area contributed by atoms with Crippen molar-refractivity contribution in [2.75, 3.05) is 19.8 Å². The topological polar surface area (TPSA) is 167 Å². The number of carbonyl (C=O) groups is 1. The first-order valence-electron chi connectivity index (χ1n) is 12.9. The molecule has 4 rings (SSSR count). The van der Waals surface area contributed by atoms with Gasteiger partial charge in [0.2, 0.25) is 0 Å². The molecule has 13 nitrogen and oxygen atoms in total. The molecule has 0 saturated carbocycles. The van der Waals surface area contributed by atoms with Gasteiger partial charge in [0.25, 0.3) is 15.7 Å². The number of nitrogens with zero attached hydrogens (tertiary/aromatic N) is 2. The lowest BCUT2D eigenvalue weighted by Crippen LogP contribution is -2.51. The second-order valence-corrected chi connectivity index (χ2v) is 11.7. The molecule has 1 amide bonds. The summed E-state index contributed by atoms with van der Waals surface area (Å²) in [6.07, 6.45) is -2.95. The fourth-order valence-corrected chi connectivity index (χ4v) is 6.00. The highest BCUT2D eigenvalue weighted by Gasteiger charge is 2.44. The molecule has 2 saturated heterocycles. The largest absolute Gasteiger partial charge is 0.443 e. The number of alkyl carbamates (subject to hydrolysis) is 1. The van der Waals surface area contributed by atoms with Crippen LogP contribution in [0.1, 0.15) is 25.8 Å². The summed E-state index contributed by atoms with van der Waals surface area (Å²) in [7, 11) is -4.44.